The van der Waals surface area contributed by atoms with Crippen molar-refractivity contribution in [2.45, 2.75) is 52.1 Å². The van der Waals surface area contributed by atoms with Crippen LogP contribution in [0.2, 0.25) is 0 Å². The molecule has 0 saturated heterocycles. The molecule has 132 valence electrons. The quantitative estimate of drug-likeness (QED) is 0.273. The van der Waals surface area contributed by atoms with Gasteiger partial charge >= 0.3 is 23.9 Å². The number of hydrogen-bond acceptors (Lipinski definition) is 8. The van der Waals surface area contributed by atoms with E-state index in [-0.39, 0.29) is 0 Å². The van der Waals surface area contributed by atoms with Gasteiger partial charge in [-0.25, -0.2) is 0 Å². The molecule has 8 nitrogen and oxygen atoms in total. The fourth-order valence-corrected chi connectivity index (χ4v) is 1.82. The Morgan fingerprint density at radius 3 is 1.58 bits per heavy atom. The van der Waals surface area contributed by atoms with E-state index in [1.807, 2.05) is 0 Å². The van der Waals surface area contributed by atoms with E-state index in [4.69, 9.17) is 25.4 Å². The maximum Gasteiger partial charge on any atom is 0.304 e. The second-order valence-electron chi connectivity index (χ2n) is 4.65. The topological polar surface area (TPSA) is 105 Å². The third kappa shape index (κ3) is 7.45. The van der Waals surface area contributed by atoms with Crippen molar-refractivity contribution in [2.75, 3.05) is 0 Å². The number of hydrogen-bond donors (Lipinski definition) is 0. The van der Waals surface area contributed by atoms with Crippen molar-refractivity contribution in [3.8, 4) is 12.3 Å². The predicted molar refractivity (Wildman–Crippen MR) is 81.2 cm³/mol. The van der Waals surface area contributed by atoms with Crippen LogP contribution in [0.5, 0.6) is 0 Å². The van der Waals surface area contributed by atoms with Crippen LogP contribution in [0.3, 0.4) is 0 Å². The van der Waals surface area contributed by atoms with Crippen molar-refractivity contribution in [2.24, 2.45) is 0 Å². The third-order valence-electron chi connectivity index (χ3n) is 2.54. The maximum absolute atomic E-state index is 11.4. The Hall–Kier alpha value is -2.82. The molecule has 0 aliphatic carbocycles. The Balaban J connectivity index is 5.85. The van der Waals surface area contributed by atoms with E-state index >= 15 is 0 Å². The summed E-state index contributed by atoms with van der Waals surface area (Å²) in [7, 11) is 0. The van der Waals surface area contributed by atoms with Gasteiger partial charge in [-0.3, -0.25) is 19.2 Å². The summed E-state index contributed by atoms with van der Waals surface area (Å²) in [6.07, 6.45) is 1.19. The summed E-state index contributed by atoms with van der Waals surface area (Å²) < 4.78 is 20.0. The van der Waals surface area contributed by atoms with Crippen LogP contribution in [0.15, 0.2) is 12.7 Å². The SMILES string of the molecule is C#C[C@H](OC(C)=O)[C@@H](OC(C)=O)[C@@H](OC(C)=O)[C@@H](C=C)OC(C)=O. The lowest BCUT2D eigenvalue weighted by Crippen LogP contribution is -2.50. The van der Waals surface area contributed by atoms with Gasteiger partial charge in [-0.1, -0.05) is 12.5 Å². The highest BCUT2D eigenvalue weighted by atomic mass is 16.6. The lowest BCUT2D eigenvalue weighted by molar-refractivity contribution is -0.190. The van der Waals surface area contributed by atoms with Crippen LogP contribution in [-0.2, 0) is 38.1 Å². The molecular weight excluding hydrogens is 320 g/mol. The van der Waals surface area contributed by atoms with Crippen molar-refractivity contribution in [1.29, 1.82) is 0 Å². The first kappa shape index (κ1) is 21.2. The first-order chi connectivity index (χ1) is 11.1. The fourth-order valence-electron chi connectivity index (χ4n) is 1.82. The second kappa shape index (κ2) is 10.0. The van der Waals surface area contributed by atoms with Crippen LogP contribution in [-0.4, -0.2) is 48.3 Å². The van der Waals surface area contributed by atoms with Crippen LogP contribution in [0.25, 0.3) is 0 Å². The Kier molecular flexibility index (Phi) is 8.87. The molecule has 0 saturated carbocycles. The van der Waals surface area contributed by atoms with E-state index in [2.05, 4.69) is 12.5 Å². The molecule has 0 spiro atoms. The van der Waals surface area contributed by atoms with Crippen LogP contribution in [0, 0.1) is 12.3 Å². The van der Waals surface area contributed by atoms with Crippen LogP contribution >= 0.6 is 0 Å². The summed E-state index contributed by atoms with van der Waals surface area (Å²) >= 11 is 0. The van der Waals surface area contributed by atoms with Crippen molar-refractivity contribution in [3.05, 3.63) is 12.7 Å². The summed E-state index contributed by atoms with van der Waals surface area (Å²) in [6.45, 7) is 7.91. The molecule has 0 bridgehead atoms. The van der Waals surface area contributed by atoms with Crippen LogP contribution in [0.4, 0.5) is 0 Å². The largest absolute Gasteiger partial charge is 0.454 e. The van der Waals surface area contributed by atoms with Crippen molar-refractivity contribution in [3.63, 3.8) is 0 Å². The zero-order valence-electron chi connectivity index (χ0n) is 13.9. The minimum atomic E-state index is -1.40. The van der Waals surface area contributed by atoms with Crippen LogP contribution in [0.1, 0.15) is 27.7 Å². The highest BCUT2D eigenvalue weighted by Gasteiger charge is 2.41. The molecule has 4 atom stereocenters. The number of carbonyl (C=O) groups excluding carboxylic acids is 4. The molecule has 0 aromatic rings. The number of rotatable bonds is 8. The molecule has 0 aliphatic rings. The average Bonchev–Trinajstić information content (AvgIpc) is 2.45. The van der Waals surface area contributed by atoms with Gasteiger partial charge in [-0.05, 0) is 6.08 Å². The molecule has 0 aromatic heterocycles. The molecule has 0 fully saturated rings. The van der Waals surface area contributed by atoms with Gasteiger partial charge in [0.25, 0.3) is 0 Å². The zero-order valence-corrected chi connectivity index (χ0v) is 13.9. The summed E-state index contributed by atoms with van der Waals surface area (Å²) in [6, 6.07) is 0. The monoisotopic (exact) mass is 340 g/mol. The number of terminal acetylenes is 1. The maximum atomic E-state index is 11.4. The number of carbonyl (C=O) groups is 4. The highest BCUT2D eigenvalue weighted by molar-refractivity contribution is 5.69. The molecule has 0 rings (SSSR count). The van der Waals surface area contributed by atoms with Gasteiger partial charge in [0, 0.05) is 27.7 Å². The summed E-state index contributed by atoms with van der Waals surface area (Å²) in [5, 5.41) is 0. The molecule has 0 amide bonds. The molecule has 0 aliphatic heterocycles. The van der Waals surface area contributed by atoms with Crippen molar-refractivity contribution < 1.29 is 38.1 Å². The molecular formula is C16H20O8. The van der Waals surface area contributed by atoms with Crippen molar-refractivity contribution in [1.82, 2.24) is 0 Å². The Morgan fingerprint density at radius 1 is 0.833 bits per heavy atom. The number of esters is 4. The average molecular weight is 340 g/mol. The summed E-state index contributed by atoms with van der Waals surface area (Å²) in [5.41, 5.74) is 0. The van der Waals surface area contributed by atoms with E-state index in [0.717, 1.165) is 27.7 Å². The molecule has 24 heavy (non-hydrogen) atoms. The van der Waals surface area contributed by atoms with E-state index in [0.29, 0.717) is 0 Å². The van der Waals surface area contributed by atoms with Gasteiger partial charge in [-0.15, -0.1) is 6.42 Å². The van der Waals surface area contributed by atoms with Gasteiger partial charge < -0.3 is 18.9 Å². The molecule has 0 N–H and O–H groups in total. The first-order valence-corrected chi connectivity index (χ1v) is 6.89. The Bertz CT molecular complexity index is 545. The Labute approximate surface area is 140 Å². The Morgan fingerprint density at radius 2 is 1.25 bits per heavy atom. The smallest absolute Gasteiger partial charge is 0.304 e. The standard InChI is InChI=1S/C16H20O8/c1-7-13(21-9(3)17)15(23-11(5)19)16(24-12(6)20)14(8-2)22-10(4)18/h1,8,13-16H,2H2,3-6H3/t13-,14+,15+,16-/m0/s1. The van der Waals surface area contributed by atoms with E-state index in [9.17, 15) is 19.2 Å². The predicted octanol–water partition coefficient (Wildman–Crippen LogP) is 0.532. The lowest BCUT2D eigenvalue weighted by Gasteiger charge is -2.32. The second-order valence-corrected chi connectivity index (χ2v) is 4.65. The van der Waals surface area contributed by atoms with E-state index < -0.39 is 48.3 Å². The number of ether oxygens (including phenoxy) is 4. The van der Waals surface area contributed by atoms with Crippen LogP contribution < -0.4 is 0 Å². The van der Waals surface area contributed by atoms with Gasteiger partial charge in [0.15, 0.2) is 18.3 Å². The minimum absolute atomic E-state index is 0.691. The summed E-state index contributed by atoms with van der Waals surface area (Å²) in [4.78, 5) is 45.2. The molecule has 0 heterocycles. The third-order valence-corrected chi connectivity index (χ3v) is 2.54. The zero-order chi connectivity index (χ0) is 18.9. The van der Waals surface area contributed by atoms with Gasteiger partial charge in [0.05, 0.1) is 0 Å². The molecule has 8 heteroatoms. The lowest BCUT2D eigenvalue weighted by atomic mass is 10.0. The fraction of sp³-hybridized carbons (Fsp3) is 0.500. The minimum Gasteiger partial charge on any atom is -0.454 e. The van der Waals surface area contributed by atoms with E-state index in [1.165, 1.54) is 6.08 Å². The van der Waals surface area contributed by atoms with Gasteiger partial charge in [0.1, 0.15) is 0 Å². The molecule has 0 aromatic carbocycles. The van der Waals surface area contributed by atoms with Crippen molar-refractivity contribution >= 4 is 23.9 Å². The molecule has 0 radical (unpaired) electrons. The first-order valence-electron chi connectivity index (χ1n) is 6.89. The van der Waals surface area contributed by atoms with Gasteiger partial charge in [0.2, 0.25) is 6.10 Å². The normalized spacial score (nSPS) is 14.8. The van der Waals surface area contributed by atoms with Gasteiger partial charge in [-0.2, -0.15) is 0 Å². The molecule has 0 unspecified atom stereocenters. The highest BCUT2D eigenvalue weighted by Crippen LogP contribution is 2.19. The van der Waals surface area contributed by atoms with E-state index in [1.54, 1.807) is 0 Å². The summed E-state index contributed by atoms with van der Waals surface area (Å²) in [5.74, 6) is -0.813.